The molecule has 6 aliphatic heterocycles. The number of phosphoric ester groups is 1. The van der Waals surface area contributed by atoms with Crippen molar-refractivity contribution in [3.63, 3.8) is 0 Å². The zero-order valence-electron chi connectivity index (χ0n) is 42.1. The van der Waals surface area contributed by atoms with Gasteiger partial charge in [-0.25, -0.2) is 13.7 Å². The molecular weight excluding hydrogens is 1000 g/mol. The van der Waals surface area contributed by atoms with Gasteiger partial charge in [-0.15, -0.1) is 14.3 Å². The van der Waals surface area contributed by atoms with Crippen LogP contribution >= 0.6 is 31.1 Å². The van der Waals surface area contributed by atoms with Crippen molar-refractivity contribution in [1.82, 2.24) is 29.4 Å². The van der Waals surface area contributed by atoms with Gasteiger partial charge in [0.25, 0.3) is 7.82 Å². The third-order valence-electron chi connectivity index (χ3n) is 12.1. The highest BCUT2D eigenvalue weighted by atomic mass is 31.2. The second kappa shape index (κ2) is 25.2. The molecule has 0 bridgehead atoms. The maximum absolute atomic E-state index is 15.0. The minimum absolute atomic E-state index is 0.0631. The van der Waals surface area contributed by atoms with E-state index < -0.39 is 86.5 Å². The summed E-state index contributed by atoms with van der Waals surface area (Å²) in [6.45, 7) is 8.37. The normalized spacial score (nSPS) is 29.0. The number of unbranched alkanes of at least 4 members (excludes halogenated alkanes) is 3. The van der Waals surface area contributed by atoms with Crippen molar-refractivity contribution in [1.29, 1.82) is 0 Å². The van der Waals surface area contributed by atoms with Crippen molar-refractivity contribution in [2.45, 2.75) is 108 Å². The molecule has 6 aliphatic rings. The van der Waals surface area contributed by atoms with Crippen LogP contribution in [0.5, 0.6) is 0 Å². The Hall–Kier alpha value is -1.79. The van der Waals surface area contributed by atoms with E-state index in [2.05, 4.69) is 14.3 Å². The van der Waals surface area contributed by atoms with Crippen molar-refractivity contribution >= 4 is 48.9 Å². The molecule has 0 aromatic rings. The highest BCUT2D eigenvalue weighted by Crippen LogP contribution is 2.58. The van der Waals surface area contributed by atoms with Crippen molar-refractivity contribution in [3.8, 4) is 0 Å². The summed E-state index contributed by atoms with van der Waals surface area (Å²) in [5, 5.41) is 8.97. The second-order valence-corrected chi connectivity index (χ2v) is 25.3. The first-order valence-corrected chi connectivity index (χ1v) is 29.9. The molecule has 10 atom stereocenters. The molecule has 0 radical (unpaired) electrons. The Morgan fingerprint density at radius 1 is 0.543 bits per heavy atom. The molecule has 404 valence electrons. The quantitative estimate of drug-likeness (QED) is 0.0960. The van der Waals surface area contributed by atoms with Gasteiger partial charge < -0.3 is 62.7 Å². The number of aliphatic hydroxyl groups is 1. The number of ether oxygens (including phenoxy) is 3. The lowest BCUT2D eigenvalue weighted by molar-refractivity contribution is -0.227. The molecule has 6 fully saturated rings. The number of hydrogen-bond donors (Lipinski definition) is 1. The molecule has 0 amide bonds. The Balaban J connectivity index is 1.15. The lowest BCUT2D eigenvalue weighted by atomic mass is 10.2. The number of aliphatic hydroxyl groups excluding tert-OH is 1. The molecule has 1 N–H and O–H groups in total. The van der Waals surface area contributed by atoms with Gasteiger partial charge in [-0.3, -0.25) is 31.7 Å². The van der Waals surface area contributed by atoms with Crippen LogP contribution in [0.1, 0.15) is 65.7 Å². The Morgan fingerprint density at radius 2 is 0.886 bits per heavy atom. The largest absolute Gasteiger partial charge is 0.756 e. The van der Waals surface area contributed by atoms with Crippen molar-refractivity contribution in [2.24, 2.45) is 14.3 Å². The van der Waals surface area contributed by atoms with Crippen LogP contribution in [0.4, 0.5) is 0 Å². The molecule has 6 rings (SSSR count). The Labute approximate surface area is 412 Å². The van der Waals surface area contributed by atoms with Crippen LogP contribution in [-0.2, 0) is 68.7 Å². The van der Waals surface area contributed by atoms with Crippen molar-refractivity contribution in [3.05, 3.63) is 0 Å². The molecule has 26 nitrogen and oxygen atoms in total. The fourth-order valence-electron chi connectivity index (χ4n) is 8.25. The highest BCUT2D eigenvalue weighted by Gasteiger charge is 2.46. The summed E-state index contributed by atoms with van der Waals surface area (Å²) < 4.78 is 135. The van der Waals surface area contributed by atoms with Crippen LogP contribution in [0, 0.1) is 0 Å². The minimum Gasteiger partial charge on any atom is -0.756 e. The summed E-state index contributed by atoms with van der Waals surface area (Å²) in [7, 11) is -6.91. The van der Waals surface area contributed by atoms with E-state index in [0.29, 0.717) is 82.8 Å². The lowest BCUT2D eigenvalue weighted by Gasteiger charge is -2.29. The van der Waals surface area contributed by atoms with E-state index in [9.17, 15) is 18.6 Å². The first-order chi connectivity index (χ1) is 33.0. The molecule has 5 unspecified atom stereocenters. The van der Waals surface area contributed by atoms with Gasteiger partial charge in [-0.2, -0.15) is 0 Å². The van der Waals surface area contributed by atoms with E-state index in [1.54, 1.807) is 58.8 Å². The van der Waals surface area contributed by atoms with Crippen LogP contribution in [0.3, 0.4) is 0 Å². The summed E-state index contributed by atoms with van der Waals surface area (Å²) in [5.74, 6) is 1.17. The van der Waals surface area contributed by atoms with E-state index in [1.165, 1.54) is 0 Å². The van der Waals surface area contributed by atoms with E-state index in [-0.39, 0.29) is 52.5 Å². The third kappa shape index (κ3) is 16.6. The number of hydrogen-bond acceptors (Lipinski definition) is 17. The standard InChI is InChI=1S/C40H77N9O17P4/c1-40(2,3)66-69(53,43-39-48(8)21-22-49(39)9)65-33-16-27-57-35(33)29-61-67(51,41-37-44(4)17-18-45(37)5)63-31-14-25-56-34(31)28-60-68(52,42-38-46(6)19-20-47(38)7)64-32-15-26-58-36(32)30-62-70(54,55)59-24-13-11-10-12-23-50/h31-36,50H,10-30H2,1-9H3,(H,54,55)/p-1/t31-,32-,33-,34-,35?,36-,67?,68?,69?/m1/s1. The molecule has 30 heteroatoms. The fraction of sp³-hybridized carbons (Fsp3) is 0.925. The predicted molar refractivity (Wildman–Crippen MR) is 256 cm³/mol. The van der Waals surface area contributed by atoms with Crippen molar-refractivity contribution in [2.75, 3.05) is 134 Å². The number of phosphoric acid groups is 1. The van der Waals surface area contributed by atoms with Gasteiger partial charge in [0.15, 0.2) is 0 Å². The van der Waals surface area contributed by atoms with Gasteiger partial charge in [0, 0.05) is 127 Å². The van der Waals surface area contributed by atoms with E-state index in [0.717, 1.165) is 6.42 Å². The monoisotopic (exact) mass is 1080 g/mol. The van der Waals surface area contributed by atoms with Gasteiger partial charge in [-0.05, 0) is 33.6 Å². The van der Waals surface area contributed by atoms with Gasteiger partial charge in [-0.1, -0.05) is 12.8 Å². The summed E-state index contributed by atoms with van der Waals surface area (Å²) in [4.78, 5) is 23.6. The van der Waals surface area contributed by atoms with Crippen LogP contribution < -0.4 is 4.89 Å². The summed E-state index contributed by atoms with van der Waals surface area (Å²) in [6, 6.07) is 0. The summed E-state index contributed by atoms with van der Waals surface area (Å²) in [6.07, 6.45) is -2.23. The number of nitrogens with zero attached hydrogens (tertiary/aromatic N) is 9. The smallest absolute Gasteiger partial charge is 0.457 e. The van der Waals surface area contributed by atoms with Crippen LogP contribution in [0.2, 0.25) is 0 Å². The second-order valence-electron chi connectivity index (χ2n) is 19.2. The zero-order valence-corrected chi connectivity index (χ0v) is 45.7. The van der Waals surface area contributed by atoms with Gasteiger partial charge >= 0.3 is 23.2 Å². The first kappa shape index (κ1) is 57.5. The van der Waals surface area contributed by atoms with Gasteiger partial charge in [0.05, 0.1) is 50.3 Å². The molecule has 0 saturated carbocycles. The SMILES string of the molecule is CN1CCN(C)C1=NP(=O)(OC[C@H]1OCC[C@H]1OP(=O)(N=C1N(C)CCN1C)OCC1OCC[C@H]1OP(=O)(N=C1N(C)CCN1C)OC(C)(C)C)O[C@@H]1CCO[C@@H]1COP(=O)([O-])OCCCCCCO. The van der Waals surface area contributed by atoms with Crippen LogP contribution in [-0.4, -0.2) is 229 Å². The fourth-order valence-corrected chi connectivity index (χ4v) is 14.2. The number of guanidine groups is 3. The molecule has 0 spiro atoms. The minimum atomic E-state index is -4.72. The number of rotatable bonds is 26. The van der Waals surface area contributed by atoms with Gasteiger partial charge in [0.1, 0.15) is 18.3 Å². The molecule has 0 aliphatic carbocycles. The maximum atomic E-state index is 15.0. The molecule has 6 saturated heterocycles. The topological polar surface area (TPSA) is 270 Å². The van der Waals surface area contributed by atoms with E-state index in [4.69, 9.17) is 55.5 Å². The zero-order chi connectivity index (χ0) is 50.9. The Bertz CT molecular complexity index is 1980. The molecule has 70 heavy (non-hydrogen) atoms. The van der Waals surface area contributed by atoms with Crippen LogP contribution in [0.15, 0.2) is 14.3 Å². The maximum Gasteiger partial charge on any atom is 0.457 e. The Morgan fingerprint density at radius 3 is 1.26 bits per heavy atom. The van der Waals surface area contributed by atoms with Gasteiger partial charge in [0.2, 0.25) is 17.9 Å². The highest BCUT2D eigenvalue weighted by molar-refractivity contribution is 7.53. The summed E-state index contributed by atoms with van der Waals surface area (Å²) in [5.41, 5.74) is -0.884. The van der Waals surface area contributed by atoms with Crippen molar-refractivity contribution < 1.29 is 78.7 Å². The lowest BCUT2D eigenvalue weighted by Crippen LogP contribution is -2.33. The third-order valence-corrected chi connectivity index (χ3v) is 17.7. The van der Waals surface area contributed by atoms with E-state index in [1.807, 2.05) is 33.7 Å². The molecule has 0 aromatic carbocycles. The number of likely N-dealkylation sites (N-methyl/N-ethyl adjacent to an activating group) is 6. The average Bonchev–Trinajstić information content (AvgIpc) is 4.17. The van der Waals surface area contributed by atoms with Crippen LogP contribution in [0.25, 0.3) is 0 Å². The molecular formula is C40H76N9O17P4-. The van der Waals surface area contributed by atoms with E-state index >= 15 is 4.57 Å². The molecule has 0 aromatic heterocycles. The molecule has 6 heterocycles. The average molecular weight is 1080 g/mol. The Kier molecular flexibility index (Phi) is 20.7. The summed E-state index contributed by atoms with van der Waals surface area (Å²) >= 11 is 0. The first-order valence-electron chi connectivity index (χ1n) is 24.0. The predicted octanol–water partition coefficient (Wildman–Crippen LogP) is 3.44.